The molecular formula is C13H25N. The van der Waals surface area contributed by atoms with Gasteiger partial charge in [0, 0.05) is 11.7 Å². The molecule has 0 amide bonds. The summed E-state index contributed by atoms with van der Waals surface area (Å²) in [6.45, 7) is 18.7. The highest BCUT2D eigenvalue weighted by Gasteiger charge is 2.23. The quantitative estimate of drug-likeness (QED) is 0.656. The first-order chi connectivity index (χ1) is 6.23. The highest BCUT2D eigenvalue weighted by Crippen LogP contribution is 2.24. The van der Waals surface area contributed by atoms with E-state index in [9.17, 15) is 0 Å². The van der Waals surface area contributed by atoms with Crippen molar-refractivity contribution in [2.45, 2.75) is 53.5 Å². The maximum absolute atomic E-state index is 3.94. The van der Waals surface area contributed by atoms with Crippen molar-refractivity contribution < 1.29 is 0 Å². The second-order valence-corrected chi connectivity index (χ2v) is 5.34. The number of rotatable bonds is 5. The van der Waals surface area contributed by atoms with Crippen LogP contribution in [0.1, 0.15) is 47.5 Å². The molecule has 0 aliphatic heterocycles. The third kappa shape index (κ3) is 5.85. The summed E-state index contributed by atoms with van der Waals surface area (Å²) >= 11 is 0. The minimum atomic E-state index is 0.272. The molecule has 0 aliphatic rings. The van der Waals surface area contributed by atoms with Gasteiger partial charge in [0.1, 0.15) is 0 Å². The molecule has 0 aromatic carbocycles. The third-order valence-electron chi connectivity index (χ3n) is 2.33. The van der Waals surface area contributed by atoms with Gasteiger partial charge < -0.3 is 5.32 Å². The van der Waals surface area contributed by atoms with Crippen LogP contribution in [0, 0.1) is 5.41 Å². The molecule has 14 heavy (non-hydrogen) atoms. The normalized spacial score (nSPS) is 13.5. The van der Waals surface area contributed by atoms with E-state index in [1.54, 1.807) is 0 Å². The number of allylic oxidation sites excluding steroid dienone is 2. The molecule has 0 fully saturated rings. The molecule has 82 valence electrons. The van der Waals surface area contributed by atoms with E-state index >= 15 is 0 Å². The highest BCUT2D eigenvalue weighted by atomic mass is 14.9. The minimum Gasteiger partial charge on any atom is -0.386 e. The van der Waals surface area contributed by atoms with Crippen LogP contribution in [0.3, 0.4) is 0 Å². The van der Waals surface area contributed by atoms with Crippen LogP contribution in [0.25, 0.3) is 0 Å². The number of nitrogens with one attached hydrogen (secondary N) is 1. The molecule has 0 spiro atoms. The van der Waals surface area contributed by atoms with Gasteiger partial charge in [-0.1, -0.05) is 32.9 Å². The summed E-state index contributed by atoms with van der Waals surface area (Å²) in [5.74, 6) is 0. The monoisotopic (exact) mass is 195 g/mol. The van der Waals surface area contributed by atoms with Crippen molar-refractivity contribution in [3.63, 3.8) is 0 Å². The lowest BCUT2D eigenvalue weighted by Gasteiger charge is -2.32. The summed E-state index contributed by atoms with van der Waals surface area (Å²) in [5.41, 5.74) is 2.57. The zero-order valence-corrected chi connectivity index (χ0v) is 10.4. The van der Waals surface area contributed by atoms with Gasteiger partial charge in [0.15, 0.2) is 0 Å². The lowest BCUT2D eigenvalue weighted by molar-refractivity contribution is 0.270. The zero-order chi connectivity index (χ0) is 11.4. The Kier molecular flexibility index (Phi) is 4.96. The van der Waals surface area contributed by atoms with Crippen LogP contribution >= 0.6 is 0 Å². The van der Waals surface area contributed by atoms with E-state index in [1.807, 2.05) is 6.92 Å². The van der Waals surface area contributed by atoms with Gasteiger partial charge in [-0.25, -0.2) is 0 Å². The van der Waals surface area contributed by atoms with Gasteiger partial charge in [-0.2, -0.15) is 0 Å². The number of hydrogen-bond donors (Lipinski definition) is 1. The summed E-state index contributed by atoms with van der Waals surface area (Å²) in [6.07, 6.45) is 2.22. The molecule has 1 N–H and O–H groups in total. The maximum atomic E-state index is 3.94. The SMILES string of the molecule is C=C(C)CCC(NC(=C)C)C(C)(C)C. The van der Waals surface area contributed by atoms with Crippen LogP contribution in [0.4, 0.5) is 0 Å². The maximum Gasteiger partial charge on any atom is 0.0309 e. The first kappa shape index (κ1) is 13.3. The van der Waals surface area contributed by atoms with Gasteiger partial charge in [-0.15, -0.1) is 6.58 Å². The van der Waals surface area contributed by atoms with Crippen LogP contribution in [0.2, 0.25) is 0 Å². The van der Waals surface area contributed by atoms with Crippen LogP contribution in [0.15, 0.2) is 24.4 Å². The summed E-state index contributed by atoms with van der Waals surface area (Å²) in [7, 11) is 0. The van der Waals surface area contributed by atoms with Crippen molar-refractivity contribution >= 4 is 0 Å². The molecule has 0 aromatic heterocycles. The highest BCUT2D eigenvalue weighted by molar-refractivity contribution is 4.96. The van der Waals surface area contributed by atoms with Gasteiger partial charge in [0.25, 0.3) is 0 Å². The van der Waals surface area contributed by atoms with E-state index in [-0.39, 0.29) is 5.41 Å². The van der Waals surface area contributed by atoms with Gasteiger partial charge in [0.2, 0.25) is 0 Å². The molecule has 1 atom stereocenters. The molecule has 1 nitrogen and oxygen atoms in total. The van der Waals surface area contributed by atoms with Gasteiger partial charge >= 0.3 is 0 Å². The van der Waals surface area contributed by atoms with Crippen molar-refractivity contribution in [3.05, 3.63) is 24.4 Å². The molecule has 0 aromatic rings. The Hall–Kier alpha value is -0.720. The van der Waals surface area contributed by atoms with E-state index in [0.29, 0.717) is 6.04 Å². The molecule has 0 aliphatic carbocycles. The molecule has 1 unspecified atom stereocenters. The van der Waals surface area contributed by atoms with Crippen molar-refractivity contribution in [2.75, 3.05) is 0 Å². The topological polar surface area (TPSA) is 12.0 Å². The van der Waals surface area contributed by atoms with Crippen LogP contribution in [0.5, 0.6) is 0 Å². The van der Waals surface area contributed by atoms with E-state index in [2.05, 4.69) is 46.2 Å². The third-order valence-corrected chi connectivity index (χ3v) is 2.33. The fourth-order valence-corrected chi connectivity index (χ4v) is 1.41. The molecule has 0 saturated carbocycles. The van der Waals surface area contributed by atoms with E-state index in [1.165, 1.54) is 5.57 Å². The van der Waals surface area contributed by atoms with Crippen molar-refractivity contribution in [1.29, 1.82) is 0 Å². The summed E-state index contributed by atoms with van der Waals surface area (Å²) in [5, 5.41) is 3.44. The van der Waals surface area contributed by atoms with Gasteiger partial charge in [-0.3, -0.25) is 0 Å². The van der Waals surface area contributed by atoms with E-state index in [4.69, 9.17) is 0 Å². The Morgan fingerprint density at radius 3 is 2.00 bits per heavy atom. The summed E-state index contributed by atoms with van der Waals surface area (Å²) in [4.78, 5) is 0. The minimum absolute atomic E-state index is 0.272. The molecular weight excluding hydrogens is 170 g/mol. The fourth-order valence-electron chi connectivity index (χ4n) is 1.41. The van der Waals surface area contributed by atoms with Crippen LogP contribution in [-0.4, -0.2) is 6.04 Å². The fraction of sp³-hybridized carbons (Fsp3) is 0.692. The molecule has 0 heterocycles. The first-order valence-corrected chi connectivity index (χ1v) is 5.30. The largest absolute Gasteiger partial charge is 0.386 e. The summed E-state index contributed by atoms with van der Waals surface area (Å²) in [6, 6.07) is 0.483. The molecule has 0 rings (SSSR count). The summed E-state index contributed by atoms with van der Waals surface area (Å²) < 4.78 is 0. The average Bonchev–Trinajstić information content (AvgIpc) is 1.94. The Morgan fingerprint density at radius 2 is 1.71 bits per heavy atom. The first-order valence-electron chi connectivity index (χ1n) is 5.30. The lowest BCUT2D eigenvalue weighted by Crippen LogP contribution is -2.39. The van der Waals surface area contributed by atoms with Crippen LogP contribution < -0.4 is 5.32 Å². The molecule has 0 bridgehead atoms. The smallest absolute Gasteiger partial charge is 0.0309 e. The predicted octanol–water partition coefficient (Wildman–Crippen LogP) is 3.88. The zero-order valence-electron chi connectivity index (χ0n) is 10.4. The molecule has 0 saturated heterocycles. The second kappa shape index (κ2) is 5.23. The Bertz CT molecular complexity index is 208. The Balaban J connectivity index is 4.26. The van der Waals surface area contributed by atoms with E-state index in [0.717, 1.165) is 18.5 Å². The Labute approximate surface area is 89.3 Å². The molecule has 0 radical (unpaired) electrons. The van der Waals surface area contributed by atoms with Crippen molar-refractivity contribution in [3.8, 4) is 0 Å². The predicted molar refractivity (Wildman–Crippen MR) is 65.2 cm³/mol. The van der Waals surface area contributed by atoms with E-state index < -0.39 is 0 Å². The van der Waals surface area contributed by atoms with Crippen LogP contribution in [-0.2, 0) is 0 Å². The Morgan fingerprint density at radius 1 is 1.21 bits per heavy atom. The second-order valence-electron chi connectivity index (χ2n) is 5.34. The van der Waals surface area contributed by atoms with Gasteiger partial charge in [0.05, 0.1) is 0 Å². The average molecular weight is 195 g/mol. The van der Waals surface area contributed by atoms with Gasteiger partial charge in [-0.05, 0) is 32.1 Å². The standard InChI is InChI=1S/C13H25N/c1-10(2)8-9-12(13(5,6)7)14-11(3)4/h12,14H,1,3,8-9H2,2,4-7H3. The van der Waals surface area contributed by atoms with Crippen molar-refractivity contribution in [2.24, 2.45) is 5.41 Å². The number of hydrogen-bond acceptors (Lipinski definition) is 1. The van der Waals surface area contributed by atoms with Crippen molar-refractivity contribution in [1.82, 2.24) is 5.32 Å². The lowest BCUT2D eigenvalue weighted by atomic mass is 9.83. The molecule has 1 heteroatoms.